The van der Waals surface area contributed by atoms with Crippen LogP contribution in [0.1, 0.15) is 81.5 Å². The van der Waals surface area contributed by atoms with E-state index in [-0.39, 0.29) is 11.8 Å². The van der Waals surface area contributed by atoms with Crippen molar-refractivity contribution in [1.82, 2.24) is 15.8 Å². The van der Waals surface area contributed by atoms with E-state index in [2.05, 4.69) is 59.2 Å². The zero-order chi connectivity index (χ0) is 21.0. The number of amides is 2. The number of unbranched alkanes of at least 4 members (excludes halogenated alkanes) is 5. The molecule has 1 aromatic rings. The first-order valence-corrected chi connectivity index (χ1v) is 10.7. The van der Waals surface area contributed by atoms with Crippen molar-refractivity contribution in [3.05, 3.63) is 66.5 Å². The average molecular weight is 398 g/mol. The van der Waals surface area contributed by atoms with Crippen LogP contribution in [0, 0.1) is 0 Å². The second kappa shape index (κ2) is 17.4. The molecule has 5 nitrogen and oxygen atoms in total. The fraction of sp³-hybridized carbons (Fsp3) is 0.458. The van der Waals surface area contributed by atoms with Crippen molar-refractivity contribution in [1.29, 1.82) is 0 Å². The summed E-state index contributed by atoms with van der Waals surface area (Å²) in [5.41, 5.74) is 5.34. The number of hydrazine groups is 1. The van der Waals surface area contributed by atoms with Gasteiger partial charge in [0.15, 0.2) is 0 Å². The van der Waals surface area contributed by atoms with E-state index in [0.717, 1.165) is 44.9 Å². The summed E-state index contributed by atoms with van der Waals surface area (Å²) in [4.78, 5) is 27.4. The van der Waals surface area contributed by atoms with Crippen LogP contribution >= 0.6 is 0 Å². The minimum atomic E-state index is -0.336. The van der Waals surface area contributed by atoms with Gasteiger partial charge >= 0.3 is 0 Å². The van der Waals surface area contributed by atoms with Gasteiger partial charge in [-0.25, -0.2) is 0 Å². The van der Waals surface area contributed by atoms with Crippen molar-refractivity contribution in [2.24, 2.45) is 0 Å². The fourth-order valence-electron chi connectivity index (χ4n) is 2.67. The van der Waals surface area contributed by atoms with E-state index in [9.17, 15) is 9.59 Å². The predicted octanol–water partition coefficient (Wildman–Crippen LogP) is 5.43. The van der Waals surface area contributed by atoms with E-state index in [4.69, 9.17) is 0 Å². The molecule has 1 aromatic heterocycles. The molecular formula is C24H35N3O2. The number of carbonyl (C=O) groups excluding carboxylic acids is 2. The van der Waals surface area contributed by atoms with Crippen LogP contribution in [-0.2, 0) is 4.79 Å². The number of hydrogen-bond donors (Lipinski definition) is 2. The molecule has 2 N–H and O–H groups in total. The second-order valence-electron chi connectivity index (χ2n) is 6.84. The maximum Gasteiger partial charge on any atom is 0.269 e. The van der Waals surface area contributed by atoms with Gasteiger partial charge in [-0.1, -0.05) is 62.6 Å². The number of aromatic nitrogens is 1. The van der Waals surface area contributed by atoms with Gasteiger partial charge < -0.3 is 0 Å². The summed E-state index contributed by atoms with van der Waals surface area (Å²) in [7, 11) is 0. The zero-order valence-electron chi connectivity index (χ0n) is 17.6. The number of rotatable bonds is 14. The van der Waals surface area contributed by atoms with Crippen LogP contribution < -0.4 is 10.9 Å². The molecule has 158 valence electrons. The SMILES string of the molecule is CC/C=C\C/C=C\C/C=C\CCCCCCCC(=O)NNC(=O)c1ccncc1. The second-order valence-corrected chi connectivity index (χ2v) is 6.84. The van der Waals surface area contributed by atoms with Gasteiger partial charge in [0.25, 0.3) is 5.91 Å². The predicted molar refractivity (Wildman–Crippen MR) is 119 cm³/mol. The third kappa shape index (κ3) is 14.0. The number of nitrogens with zero attached hydrogens (tertiary/aromatic N) is 1. The highest BCUT2D eigenvalue weighted by Gasteiger charge is 2.06. The highest BCUT2D eigenvalue weighted by atomic mass is 16.2. The first kappa shape index (κ1) is 24.3. The maximum atomic E-state index is 11.8. The Labute approximate surface area is 175 Å². The largest absolute Gasteiger partial charge is 0.273 e. The van der Waals surface area contributed by atoms with Crippen LogP contribution in [-0.4, -0.2) is 16.8 Å². The molecule has 0 atom stereocenters. The van der Waals surface area contributed by atoms with E-state index in [1.807, 2.05) is 0 Å². The van der Waals surface area contributed by atoms with E-state index >= 15 is 0 Å². The Balaban J connectivity index is 1.92. The topological polar surface area (TPSA) is 71.1 Å². The maximum absolute atomic E-state index is 11.8. The van der Waals surface area contributed by atoms with E-state index in [1.165, 1.54) is 25.2 Å². The monoisotopic (exact) mass is 397 g/mol. The van der Waals surface area contributed by atoms with Crippen LogP contribution in [0.25, 0.3) is 0 Å². The van der Waals surface area contributed by atoms with Crippen molar-refractivity contribution in [3.8, 4) is 0 Å². The molecule has 1 rings (SSSR count). The normalized spacial score (nSPS) is 11.5. The third-order valence-corrected chi connectivity index (χ3v) is 4.31. The van der Waals surface area contributed by atoms with Gasteiger partial charge in [-0.15, -0.1) is 0 Å². The summed E-state index contributed by atoms with van der Waals surface area (Å²) in [6.45, 7) is 2.15. The van der Waals surface area contributed by atoms with Gasteiger partial charge in [0.05, 0.1) is 0 Å². The van der Waals surface area contributed by atoms with Crippen molar-refractivity contribution >= 4 is 11.8 Å². The summed E-state index contributed by atoms with van der Waals surface area (Å²) >= 11 is 0. The Bertz CT molecular complexity index is 651. The molecule has 0 fully saturated rings. The summed E-state index contributed by atoms with van der Waals surface area (Å²) < 4.78 is 0. The van der Waals surface area contributed by atoms with Gasteiger partial charge in [0, 0.05) is 24.4 Å². The molecule has 1 heterocycles. The smallest absolute Gasteiger partial charge is 0.269 e. The summed E-state index contributed by atoms with van der Waals surface area (Å²) in [5.74, 6) is -0.494. The highest BCUT2D eigenvalue weighted by molar-refractivity contribution is 5.95. The summed E-state index contributed by atoms with van der Waals surface area (Å²) in [6, 6.07) is 3.19. The van der Waals surface area contributed by atoms with Crippen LogP contribution in [0.4, 0.5) is 0 Å². The number of pyridine rings is 1. The number of hydrogen-bond acceptors (Lipinski definition) is 3. The Kier molecular flexibility index (Phi) is 14.6. The van der Waals surface area contributed by atoms with Crippen molar-refractivity contribution in [2.75, 3.05) is 0 Å². The molecule has 0 bridgehead atoms. The van der Waals surface area contributed by atoms with Gasteiger partial charge in [-0.05, 0) is 50.7 Å². The Morgan fingerprint density at radius 1 is 0.828 bits per heavy atom. The lowest BCUT2D eigenvalue weighted by Crippen LogP contribution is -2.41. The lowest BCUT2D eigenvalue weighted by Gasteiger charge is -2.07. The molecule has 0 saturated carbocycles. The van der Waals surface area contributed by atoms with Crippen molar-refractivity contribution in [3.63, 3.8) is 0 Å². The minimum Gasteiger partial charge on any atom is -0.273 e. The third-order valence-electron chi connectivity index (χ3n) is 4.31. The standard InChI is InChI=1S/C24H35N3O2/c1-2-3-4-5-6-7-8-9-10-11-12-13-14-15-16-17-23(28)26-27-24(29)22-18-20-25-21-19-22/h3-4,6-7,9-10,18-21H,2,5,8,11-17H2,1H3,(H,26,28)(H,27,29)/b4-3-,7-6-,10-9-. The average Bonchev–Trinajstić information content (AvgIpc) is 2.75. The quantitative estimate of drug-likeness (QED) is 0.250. The molecule has 29 heavy (non-hydrogen) atoms. The lowest BCUT2D eigenvalue weighted by atomic mass is 10.1. The Morgan fingerprint density at radius 2 is 1.45 bits per heavy atom. The first-order chi connectivity index (χ1) is 14.2. The van der Waals surface area contributed by atoms with Gasteiger partial charge in [-0.2, -0.15) is 0 Å². The lowest BCUT2D eigenvalue weighted by molar-refractivity contribution is -0.122. The number of nitrogens with one attached hydrogen (secondary N) is 2. The molecule has 2 amide bonds. The number of carbonyl (C=O) groups is 2. The van der Waals surface area contributed by atoms with E-state index < -0.39 is 0 Å². The van der Waals surface area contributed by atoms with Gasteiger partial charge in [0.1, 0.15) is 0 Å². The highest BCUT2D eigenvalue weighted by Crippen LogP contribution is 2.08. The molecular weight excluding hydrogens is 362 g/mol. The van der Waals surface area contributed by atoms with Crippen molar-refractivity contribution < 1.29 is 9.59 Å². The Morgan fingerprint density at radius 3 is 2.17 bits per heavy atom. The molecule has 5 heteroatoms. The molecule has 0 aliphatic heterocycles. The molecule has 0 saturated heterocycles. The van der Waals surface area contributed by atoms with Crippen LogP contribution in [0.3, 0.4) is 0 Å². The van der Waals surface area contributed by atoms with Crippen LogP contribution in [0.5, 0.6) is 0 Å². The van der Waals surface area contributed by atoms with Crippen molar-refractivity contribution in [2.45, 2.75) is 71.1 Å². The molecule has 0 unspecified atom stereocenters. The Hall–Kier alpha value is -2.69. The fourth-order valence-corrected chi connectivity index (χ4v) is 2.67. The zero-order valence-corrected chi connectivity index (χ0v) is 17.6. The summed E-state index contributed by atoms with van der Waals surface area (Å²) in [6.07, 6.45) is 26.4. The molecule has 0 aromatic carbocycles. The van der Waals surface area contributed by atoms with Crippen LogP contribution in [0.2, 0.25) is 0 Å². The van der Waals surface area contributed by atoms with Gasteiger partial charge in [0.2, 0.25) is 5.91 Å². The van der Waals surface area contributed by atoms with E-state index in [0.29, 0.717) is 12.0 Å². The summed E-state index contributed by atoms with van der Waals surface area (Å²) in [5, 5.41) is 0. The molecule has 0 aliphatic carbocycles. The molecule has 0 aliphatic rings. The number of allylic oxidation sites excluding steroid dienone is 6. The minimum absolute atomic E-state index is 0.159. The first-order valence-electron chi connectivity index (χ1n) is 10.7. The molecule has 0 spiro atoms. The van der Waals surface area contributed by atoms with Crippen LogP contribution in [0.15, 0.2) is 61.0 Å². The molecule has 0 radical (unpaired) electrons. The van der Waals surface area contributed by atoms with E-state index in [1.54, 1.807) is 12.1 Å². The van der Waals surface area contributed by atoms with Gasteiger partial charge in [-0.3, -0.25) is 25.4 Å².